The van der Waals surface area contributed by atoms with Gasteiger partial charge in [-0.3, -0.25) is 14.5 Å². The number of piperazine rings is 1. The smallest absolute Gasteiger partial charge is 0.253 e. The van der Waals surface area contributed by atoms with Gasteiger partial charge in [0.1, 0.15) is 0 Å². The monoisotopic (exact) mass is 365 g/mol. The van der Waals surface area contributed by atoms with Crippen molar-refractivity contribution in [3.05, 3.63) is 64.7 Å². The Balaban J connectivity index is 1.51. The first-order valence-electron chi connectivity index (χ1n) is 9.38. The zero-order chi connectivity index (χ0) is 19.4. The fourth-order valence-electron chi connectivity index (χ4n) is 3.38. The molecule has 1 heterocycles. The molecule has 1 saturated heterocycles. The van der Waals surface area contributed by atoms with Crippen molar-refractivity contribution in [2.24, 2.45) is 0 Å². The lowest BCUT2D eigenvalue weighted by molar-refractivity contribution is -0.117. The average molecular weight is 365 g/mol. The van der Waals surface area contributed by atoms with Gasteiger partial charge in [0.25, 0.3) is 5.91 Å². The molecule has 2 aromatic carbocycles. The third kappa shape index (κ3) is 4.74. The topological polar surface area (TPSA) is 52.7 Å². The number of benzene rings is 2. The summed E-state index contributed by atoms with van der Waals surface area (Å²) in [6, 6.07) is 13.7. The number of hydrogen-bond donors (Lipinski definition) is 1. The molecule has 0 unspecified atom stereocenters. The molecule has 5 nitrogen and oxygen atoms in total. The number of carbonyl (C=O) groups is 2. The molecule has 1 aliphatic heterocycles. The lowest BCUT2D eigenvalue weighted by Crippen LogP contribution is -2.50. The first-order valence-corrected chi connectivity index (χ1v) is 9.38. The van der Waals surface area contributed by atoms with Gasteiger partial charge in [0, 0.05) is 37.4 Å². The Labute approximate surface area is 161 Å². The summed E-state index contributed by atoms with van der Waals surface area (Å²) in [5, 5.41) is 3.03. The van der Waals surface area contributed by atoms with E-state index in [2.05, 4.69) is 10.2 Å². The van der Waals surface area contributed by atoms with Crippen LogP contribution in [-0.4, -0.2) is 54.3 Å². The summed E-state index contributed by atoms with van der Waals surface area (Å²) in [6.07, 6.45) is 0. The van der Waals surface area contributed by atoms with Crippen LogP contribution < -0.4 is 5.32 Å². The number of hydrogen-bond acceptors (Lipinski definition) is 3. The van der Waals surface area contributed by atoms with Crippen molar-refractivity contribution in [3.63, 3.8) is 0 Å². The van der Waals surface area contributed by atoms with Crippen LogP contribution in [-0.2, 0) is 4.79 Å². The van der Waals surface area contributed by atoms with E-state index < -0.39 is 0 Å². The number of nitrogens with one attached hydrogen (secondary N) is 1. The van der Waals surface area contributed by atoms with E-state index in [4.69, 9.17) is 0 Å². The van der Waals surface area contributed by atoms with Crippen molar-refractivity contribution in [1.82, 2.24) is 9.80 Å². The molecule has 3 rings (SSSR count). The molecule has 5 heteroatoms. The van der Waals surface area contributed by atoms with E-state index in [1.165, 1.54) is 0 Å². The molecule has 1 fully saturated rings. The van der Waals surface area contributed by atoms with Crippen LogP contribution in [0, 0.1) is 20.8 Å². The predicted octanol–water partition coefficient (Wildman–Crippen LogP) is 3.01. The van der Waals surface area contributed by atoms with E-state index in [9.17, 15) is 9.59 Å². The first kappa shape index (κ1) is 19.1. The molecule has 0 atom stereocenters. The Morgan fingerprint density at radius 2 is 1.48 bits per heavy atom. The Morgan fingerprint density at radius 3 is 2.07 bits per heavy atom. The molecule has 0 saturated carbocycles. The second-order valence-electron chi connectivity index (χ2n) is 7.25. The van der Waals surface area contributed by atoms with Gasteiger partial charge in [0.2, 0.25) is 5.91 Å². The fraction of sp³-hybridized carbons (Fsp3) is 0.364. The van der Waals surface area contributed by atoms with Gasteiger partial charge in [-0.2, -0.15) is 0 Å². The zero-order valence-electron chi connectivity index (χ0n) is 16.3. The SMILES string of the molecule is Cc1ccc(C(=O)N2CCN(CC(=O)Nc3c(C)cccc3C)CC2)cc1. The molecular weight excluding hydrogens is 338 g/mol. The van der Waals surface area contributed by atoms with Crippen molar-refractivity contribution in [2.75, 3.05) is 38.0 Å². The van der Waals surface area contributed by atoms with E-state index in [-0.39, 0.29) is 11.8 Å². The number of carbonyl (C=O) groups excluding carboxylic acids is 2. The van der Waals surface area contributed by atoms with Crippen LogP contribution in [0.5, 0.6) is 0 Å². The van der Waals surface area contributed by atoms with E-state index >= 15 is 0 Å². The summed E-state index contributed by atoms with van der Waals surface area (Å²) >= 11 is 0. The second-order valence-corrected chi connectivity index (χ2v) is 7.25. The van der Waals surface area contributed by atoms with E-state index in [1.807, 2.05) is 68.1 Å². The van der Waals surface area contributed by atoms with Crippen molar-refractivity contribution in [3.8, 4) is 0 Å². The highest BCUT2D eigenvalue weighted by Gasteiger charge is 2.23. The number of aryl methyl sites for hydroxylation is 3. The van der Waals surface area contributed by atoms with Crippen molar-refractivity contribution in [2.45, 2.75) is 20.8 Å². The highest BCUT2D eigenvalue weighted by molar-refractivity contribution is 5.95. The fourth-order valence-corrected chi connectivity index (χ4v) is 3.38. The van der Waals surface area contributed by atoms with Crippen LogP contribution in [0.3, 0.4) is 0 Å². The van der Waals surface area contributed by atoms with Crippen molar-refractivity contribution in [1.29, 1.82) is 0 Å². The molecule has 2 aromatic rings. The molecule has 0 bridgehead atoms. The van der Waals surface area contributed by atoms with Gasteiger partial charge in [-0.15, -0.1) is 0 Å². The molecular formula is C22H27N3O2. The second kappa shape index (κ2) is 8.35. The van der Waals surface area contributed by atoms with Crippen LogP contribution in [0.15, 0.2) is 42.5 Å². The number of para-hydroxylation sites is 1. The molecule has 142 valence electrons. The molecule has 1 aliphatic rings. The van der Waals surface area contributed by atoms with Crippen molar-refractivity contribution < 1.29 is 9.59 Å². The minimum Gasteiger partial charge on any atom is -0.336 e. The van der Waals surface area contributed by atoms with Crippen LogP contribution in [0.1, 0.15) is 27.0 Å². The molecule has 2 amide bonds. The highest BCUT2D eigenvalue weighted by Crippen LogP contribution is 2.19. The molecule has 0 aromatic heterocycles. The Morgan fingerprint density at radius 1 is 0.889 bits per heavy atom. The molecule has 0 spiro atoms. The van der Waals surface area contributed by atoms with Gasteiger partial charge in [-0.25, -0.2) is 0 Å². The standard InChI is InChI=1S/C22H27N3O2/c1-16-7-9-19(10-8-16)22(27)25-13-11-24(12-14-25)15-20(26)23-21-17(2)5-4-6-18(21)3/h4-10H,11-15H2,1-3H3,(H,23,26). The van der Waals surface area contributed by atoms with Gasteiger partial charge in [0.15, 0.2) is 0 Å². The normalized spacial score (nSPS) is 14.9. The van der Waals surface area contributed by atoms with E-state index in [1.54, 1.807) is 0 Å². The van der Waals surface area contributed by atoms with E-state index in [0.717, 1.165) is 27.9 Å². The summed E-state index contributed by atoms with van der Waals surface area (Å²) in [5.74, 6) is 0.0559. The average Bonchev–Trinajstić information content (AvgIpc) is 2.65. The Hall–Kier alpha value is -2.66. The van der Waals surface area contributed by atoms with Crippen LogP contribution in [0.4, 0.5) is 5.69 Å². The third-order valence-corrected chi connectivity index (χ3v) is 5.07. The maximum Gasteiger partial charge on any atom is 0.253 e. The number of rotatable bonds is 4. The summed E-state index contributed by atoms with van der Waals surface area (Å²) in [6.45, 7) is 9.05. The van der Waals surface area contributed by atoms with Crippen LogP contribution in [0.2, 0.25) is 0 Å². The maximum atomic E-state index is 12.6. The van der Waals surface area contributed by atoms with Crippen LogP contribution >= 0.6 is 0 Å². The summed E-state index contributed by atoms with van der Waals surface area (Å²) in [5.41, 5.74) is 4.90. The maximum absolute atomic E-state index is 12.6. The molecule has 0 aliphatic carbocycles. The lowest BCUT2D eigenvalue weighted by atomic mass is 10.1. The molecule has 0 radical (unpaired) electrons. The summed E-state index contributed by atoms with van der Waals surface area (Å²) in [4.78, 5) is 29.0. The van der Waals surface area contributed by atoms with Crippen molar-refractivity contribution >= 4 is 17.5 Å². The zero-order valence-corrected chi connectivity index (χ0v) is 16.3. The van der Waals surface area contributed by atoms with E-state index in [0.29, 0.717) is 32.7 Å². The number of anilines is 1. The first-order chi connectivity index (χ1) is 12.9. The highest BCUT2D eigenvalue weighted by atomic mass is 16.2. The van der Waals surface area contributed by atoms with Gasteiger partial charge < -0.3 is 10.2 Å². The third-order valence-electron chi connectivity index (χ3n) is 5.07. The number of amides is 2. The predicted molar refractivity (Wildman–Crippen MR) is 108 cm³/mol. The summed E-state index contributed by atoms with van der Waals surface area (Å²) in [7, 11) is 0. The minimum absolute atomic E-state index is 0.00860. The molecule has 1 N–H and O–H groups in total. The van der Waals surface area contributed by atoms with Gasteiger partial charge in [0.05, 0.1) is 6.54 Å². The van der Waals surface area contributed by atoms with Crippen LogP contribution in [0.25, 0.3) is 0 Å². The Bertz CT molecular complexity index is 802. The summed E-state index contributed by atoms with van der Waals surface area (Å²) < 4.78 is 0. The van der Waals surface area contributed by atoms with Gasteiger partial charge in [-0.05, 0) is 44.0 Å². The minimum atomic E-state index is -0.00860. The van der Waals surface area contributed by atoms with Gasteiger partial charge >= 0.3 is 0 Å². The number of nitrogens with zero attached hydrogens (tertiary/aromatic N) is 2. The molecule has 27 heavy (non-hydrogen) atoms. The van der Waals surface area contributed by atoms with Gasteiger partial charge in [-0.1, -0.05) is 35.9 Å². The lowest BCUT2D eigenvalue weighted by Gasteiger charge is -2.34. The largest absolute Gasteiger partial charge is 0.336 e. The quantitative estimate of drug-likeness (QED) is 0.906. The Kier molecular flexibility index (Phi) is 5.91.